The predicted molar refractivity (Wildman–Crippen MR) is 45.6 cm³/mol. The molecule has 0 aromatic heterocycles. The van der Waals surface area contributed by atoms with Crippen molar-refractivity contribution in [3.8, 4) is 0 Å². The van der Waals surface area contributed by atoms with Crippen molar-refractivity contribution >= 4 is 5.78 Å². The Morgan fingerprint density at radius 2 is 2.33 bits per heavy atom. The lowest BCUT2D eigenvalue weighted by molar-refractivity contribution is -0.117. The van der Waals surface area contributed by atoms with E-state index in [4.69, 9.17) is 0 Å². The first-order valence-electron chi connectivity index (χ1n) is 4.38. The molecule has 0 aromatic carbocycles. The van der Waals surface area contributed by atoms with Crippen molar-refractivity contribution < 1.29 is 9.90 Å². The molecular formula is C10H12O2. The van der Waals surface area contributed by atoms with Gasteiger partial charge in [0.05, 0.1) is 6.10 Å². The summed E-state index contributed by atoms with van der Waals surface area (Å²) in [5.41, 5.74) is 0.830. The van der Waals surface area contributed by atoms with Crippen LogP contribution >= 0.6 is 0 Å². The van der Waals surface area contributed by atoms with Gasteiger partial charge in [-0.05, 0) is 12.8 Å². The zero-order valence-corrected chi connectivity index (χ0v) is 6.86. The highest BCUT2D eigenvalue weighted by Gasteiger charge is 2.30. The summed E-state index contributed by atoms with van der Waals surface area (Å²) in [5, 5.41) is 9.54. The van der Waals surface area contributed by atoms with Crippen LogP contribution in [0.15, 0.2) is 23.8 Å². The van der Waals surface area contributed by atoms with Gasteiger partial charge in [-0.15, -0.1) is 0 Å². The molecule has 0 heterocycles. The van der Waals surface area contributed by atoms with Crippen LogP contribution in [0, 0.1) is 5.92 Å². The number of allylic oxidation sites excluding steroid dienone is 2. The van der Waals surface area contributed by atoms with Crippen LogP contribution in [-0.4, -0.2) is 17.0 Å². The Morgan fingerprint density at radius 1 is 1.50 bits per heavy atom. The first-order chi connectivity index (χ1) is 5.79. The number of aliphatic hydroxyl groups excluding tert-OH is 1. The van der Waals surface area contributed by atoms with Crippen molar-refractivity contribution in [2.75, 3.05) is 0 Å². The molecule has 0 bridgehead atoms. The molecule has 2 aliphatic rings. The topological polar surface area (TPSA) is 37.3 Å². The van der Waals surface area contributed by atoms with E-state index in [2.05, 4.69) is 0 Å². The third-order valence-corrected chi connectivity index (χ3v) is 2.64. The summed E-state index contributed by atoms with van der Waals surface area (Å²) in [6.45, 7) is 0. The van der Waals surface area contributed by atoms with Gasteiger partial charge in [-0.25, -0.2) is 0 Å². The summed E-state index contributed by atoms with van der Waals surface area (Å²) in [4.78, 5) is 11.4. The lowest BCUT2D eigenvalue weighted by Crippen LogP contribution is -2.29. The highest BCUT2D eigenvalue weighted by Crippen LogP contribution is 2.32. The Labute approximate surface area is 71.6 Å². The SMILES string of the molecule is O=C1CCCC2C1=CC=CC2O. The number of carbonyl (C=O) groups is 1. The largest absolute Gasteiger partial charge is 0.388 e. The van der Waals surface area contributed by atoms with Gasteiger partial charge in [-0.1, -0.05) is 18.2 Å². The van der Waals surface area contributed by atoms with Gasteiger partial charge in [0.2, 0.25) is 0 Å². The second kappa shape index (κ2) is 2.87. The molecule has 0 aliphatic heterocycles. The standard InChI is InChI=1S/C10H12O2/c11-9-5-1-3-7-8(9)4-2-6-10(7)12/h1,3,5,8-9,11H,2,4,6H2. The van der Waals surface area contributed by atoms with Crippen molar-refractivity contribution in [1.29, 1.82) is 0 Å². The van der Waals surface area contributed by atoms with Crippen LogP contribution in [0.25, 0.3) is 0 Å². The van der Waals surface area contributed by atoms with Crippen LogP contribution in [0.4, 0.5) is 0 Å². The molecule has 64 valence electrons. The fraction of sp³-hybridized carbons (Fsp3) is 0.500. The molecule has 2 unspecified atom stereocenters. The normalized spacial score (nSPS) is 34.4. The van der Waals surface area contributed by atoms with Crippen LogP contribution in [-0.2, 0) is 4.79 Å². The summed E-state index contributed by atoms with van der Waals surface area (Å²) < 4.78 is 0. The van der Waals surface area contributed by atoms with Crippen LogP contribution in [0.2, 0.25) is 0 Å². The average molecular weight is 164 g/mol. The first-order valence-corrected chi connectivity index (χ1v) is 4.38. The van der Waals surface area contributed by atoms with Crippen LogP contribution in [0.5, 0.6) is 0 Å². The predicted octanol–water partition coefficient (Wildman–Crippen LogP) is 1.21. The zero-order chi connectivity index (χ0) is 8.55. The van der Waals surface area contributed by atoms with E-state index in [9.17, 15) is 9.90 Å². The third kappa shape index (κ3) is 1.12. The molecule has 0 spiro atoms. The molecule has 0 radical (unpaired) electrons. The Hall–Kier alpha value is -0.890. The van der Waals surface area contributed by atoms with Crippen LogP contribution < -0.4 is 0 Å². The van der Waals surface area contributed by atoms with Gasteiger partial charge in [0.1, 0.15) is 0 Å². The fourth-order valence-corrected chi connectivity index (χ4v) is 1.97. The summed E-state index contributed by atoms with van der Waals surface area (Å²) >= 11 is 0. The number of ketones is 1. The van der Waals surface area contributed by atoms with Gasteiger partial charge in [0, 0.05) is 17.9 Å². The number of hydrogen-bond donors (Lipinski definition) is 1. The minimum absolute atomic E-state index is 0.0799. The zero-order valence-electron chi connectivity index (χ0n) is 6.86. The monoisotopic (exact) mass is 164 g/mol. The summed E-state index contributed by atoms with van der Waals surface area (Å²) in [6.07, 6.45) is 7.47. The van der Waals surface area contributed by atoms with Crippen molar-refractivity contribution in [3.05, 3.63) is 23.8 Å². The molecule has 0 aromatic rings. The molecule has 0 saturated heterocycles. The van der Waals surface area contributed by atoms with Crippen molar-refractivity contribution in [2.24, 2.45) is 5.92 Å². The Balaban J connectivity index is 2.29. The first kappa shape index (κ1) is 7.74. The molecular weight excluding hydrogens is 152 g/mol. The summed E-state index contributed by atoms with van der Waals surface area (Å²) in [7, 11) is 0. The van der Waals surface area contributed by atoms with E-state index < -0.39 is 6.10 Å². The maximum Gasteiger partial charge on any atom is 0.159 e. The molecule has 2 nitrogen and oxygen atoms in total. The van der Waals surface area contributed by atoms with Gasteiger partial charge < -0.3 is 5.11 Å². The lowest BCUT2D eigenvalue weighted by atomic mass is 9.78. The molecule has 2 rings (SSSR count). The van der Waals surface area contributed by atoms with Gasteiger partial charge in [-0.2, -0.15) is 0 Å². The van der Waals surface area contributed by atoms with Crippen molar-refractivity contribution in [3.63, 3.8) is 0 Å². The molecule has 12 heavy (non-hydrogen) atoms. The summed E-state index contributed by atoms with van der Waals surface area (Å²) in [5.74, 6) is 0.297. The quantitative estimate of drug-likeness (QED) is 0.584. The van der Waals surface area contributed by atoms with Crippen LogP contribution in [0.3, 0.4) is 0 Å². The van der Waals surface area contributed by atoms with E-state index in [1.807, 2.05) is 6.08 Å². The number of aliphatic hydroxyl groups is 1. The van der Waals surface area contributed by atoms with E-state index in [1.165, 1.54) is 0 Å². The molecule has 1 saturated carbocycles. The molecule has 1 fully saturated rings. The van der Waals surface area contributed by atoms with E-state index >= 15 is 0 Å². The minimum Gasteiger partial charge on any atom is -0.388 e. The number of hydrogen-bond acceptors (Lipinski definition) is 2. The molecule has 0 amide bonds. The molecule has 2 heteroatoms. The van der Waals surface area contributed by atoms with E-state index in [0.717, 1.165) is 18.4 Å². The van der Waals surface area contributed by atoms with Gasteiger partial charge in [-0.3, -0.25) is 4.79 Å². The smallest absolute Gasteiger partial charge is 0.159 e. The van der Waals surface area contributed by atoms with Gasteiger partial charge >= 0.3 is 0 Å². The number of fused-ring (bicyclic) bond motifs is 1. The van der Waals surface area contributed by atoms with Gasteiger partial charge in [0.15, 0.2) is 5.78 Å². The minimum atomic E-state index is -0.436. The lowest BCUT2D eigenvalue weighted by Gasteiger charge is -2.28. The van der Waals surface area contributed by atoms with E-state index in [0.29, 0.717) is 6.42 Å². The van der Waals surface area contributed by atoms with E-state index in [-0.39, 0.29) is 11.7 Å². The van der Waals surface area contributed by atoms with Crippen molar-refractivity contribution in [1.82, 2.24) is 0 Å². The fourth-order valence-electron chi connectivity index (χ4n) is 1.97. The highest BCUT2D eigenvalue weighted by atomic mass is 16.3. The Bertz CT molecular complexity index is 263. The maximum absolute atomic E-state index is 11.4. The molecule has 1 N–H and O–H groups in total. The Morgan fingerprint density at radius 3 is 3.08 bits per heavy atom. The number of Topliss-reactive ketones (excluding diaryl/α,β-unsaturated/α-hetero) is 1. The highest BCUT2D eigenvalue weighted by molar-refractivity contribution is 5.97. The molecule has 2 aliphatic carbocycles. The number of rotatable bonds is 0. The van der Waals surface area contributed by atoms with Crippen LogP contribution in [0.1, 0.15) is 19.3 Å². The Kier molecular flexibility index (Phi) is 1.85. The average Bonchev–Trinajstić information content (AvgIpc) is 2.07. The third-order valence-electron chi connectivity index (χ3n) is 2.64. The second-order valence-electron chi connectivity index (χ2n) is 3.42. The second-order valence-corrected chi connectivity index (χ2v) is 3.42. The van der Waals surface area contributed by atoms with E-state index in [1.54, 1.807) is 12.2 Å². The number of carbonyl (C=O) groups excluding carboxylic acids is 1. The molecule has 2 atom stereocenters. The maximum atomic E-state index is 11.4. The van der Waals surface area contributed by atoms with Crippen molar-refractivity contribution in [2.45, 2.75) is 25.4 Å². The van der Waals surface area contributed by atoms with Gasteiger partial charge in [0.25, 0.3) is 0 Å². The summed E-state index contributed by atoms with van der Waals surface area (Å²) in [6, 6.07) is 0.